The number of aromatic nitrogens is 3. The number of rotatable bonds is 3. The number of H-pyrrole nitrogens is 1. The van der Waals surface area contributed by atoms with Crippen molar-refractivity contribution >= 4 is 11.6 Å². The van der Waals surface area contributed by atoms with Gasteiger partial charge in [0.1, 0.15) is 5.69 Å². The average molecular weight is 318 g/mol. The molecule has 124 valence electrons. The summed E-state index contributed by atoms with van der Waals surface area (Å²) >= 11 is 0. The molecule has 7 heteroatoms. The van der Waals surface area contributed by atoms with Crippen molar-refractivity contribution in [1.82, 2.24) is 19.5 Å². The number of fused-ring (bicyclic) bond motifs is 2. The van der Waals surface area contributed by atoms with E-state index in [1.54, 1.807) is 12.0 Å². The van der Waals surface area contributed by atoms with E-state index in [-0.39, 0.29) is 35.2 Å². The quantitative estimate of drug-likeness (QED) is 0.925. The molecule has 1 amide bonds. The van der Waals surface area contributed by atoms with E-state index in [9.17, 15) is 9.59 Å². The van der Waals surface area contributed by atoms with Crippen molar-refractivity contribution in [2.45, 2.75) is 45.7 Å². The summed E-state index contributed by atoms with van der Waals surface area (Å²) in [6.45, 7) is 8.75. The van der Waals surface area contributed by atoms with Crippen molar-refractivity contribution in [3.63, 3.8) is 0 Å². The SMILES string of the molecule is COCC(C)N1Cc2c(nc3cc(C(C)(C)C)[nH]n3c2=O)C1=O. The molecule has 0 saturated heterocycles. The summed E-state index contributed by atoms with van der Waals surface area (Å²) in [5, 5.41) is 3.10. The monoisotopic (exact) mass is 318 g/mol. The number of amides is 1. The number of carbonyl (C=O) groups is 1. The Bertz CT molecular complexity index is 828. The van der Waals surface area contributed by atoms with E-state index in [0.717, 1.165) is 5.69 Å². The van der Waals surface area contributed by atoms with Gasteiger partial charge in [-0.25, -0.2) is 9.50 Å². The number of hydrogen-bond acceptors (Lipinski definition) is 4. The first-order valence-corrected chi connectivity index (χ1v) is 7.69. The summed E-state index contributed by atoms with van der Waals surface area (Å²) in [6, 6.07) is 1.73. The van der Waals surface area contributed by atoms with Crippen LogP contribution in [0.25, 0.3) is 5.65 Å². The van der Waals surface area contributed by atoms with Gasteiger partial charge in [0.05, 0.1) is 24.8 Å². The van der Waals surface area contributed by atoms with E-state index in [1.807, 2.05) is 13.0 Å². The zero-order valence-electron chi connectivity index (χ0n) is 14.1. The van der Waals surface area contributed by atoms with E-state index in [4.69, 9.17) is 4.74 Å². The van der Waals surface area contributed by atoms with Crippen LogP contribution in [0.5, 0.6) is 0 Å². The second kappa shape index (κ2) is 5.19. The molecule has 0 fully saturated rings. The molecular weight excluding hydrogens is 296 g/mol. The highest BCUT2D eigenvalue weighted by Gasteiger charge is 2.35. The van der Waals surface area contributed by atoms with Gasteiger partial charge < -0.3 is 9.64 Å². The second-order valence-electron chi connectivity index (χ2n) is 7.09. The van der Waals surface area contributed by atoms with Crippen LogP contribution in [-0.4, -0.2) is 45.2 Å². The number of carbonyl (C=O) groups excluding carboxylic acids is 1. The lowest BCUT2D eigenvalue weighted by Crippen LogP contribution is -2.36. The Morgan fingerprint density at radius 2 is 2.09 bits per heavy atom. The molecule has 0 bridgehead atoms. The van der Waals surface area contributed by atoms with Crippen LogP contribution >= 0.6 is 0 Å². The molecule has 1 N–H and O–H groups in total. The predicted octanol–water partition coefficient (Wildman–Crippen LogP) is 1.31. The molecule has 0 aliphatic carbocycles. The largest absolute Gasteiger partial charge is 0.383 e. The lowest BCUT2D eigenvalue weighted by Gasteiger charge is -2.22. The number of methoxy groups -OCH3 is 1. The van der Waals surface area contributed by atoms with Crippen LogP contribution in [0.3, 0.4) is 0 Å². The summed E-state index contributed by atoms with van der Waals surface area (Å²) in [7, 11) is 1.59. The third kappa shape index (κ3) is 2.45. The van der Waals surface area contributed by atoms with Crippen LogP contribution in [0, 0.1) is 0 Å². The molecule has 0 spiro atoms. The summed E-state index contributed by atoms with van der Waals surface area (Å²) in [4.78, 5) is 31.3. The van der Waals surface area contributed by atoms with Crippen LogP contribution in [0.15, 0.2) is 10.9 Å². The number of ether oxygens (including phenoxy) is 1. The molecule has 3 heterocycles. The molecule has 23 heavy (non-hydrogen) atoms. The topological polar surface area (TPSA) is 79.7 Å². The maximum atomic E-state index is 12.7. The van der Waals surface area contributed by atoms with E-state index in [0.29, 0.717) is 17.8 Å². The molecule has 7 nitrogen and oxygen atoms in total. The molecule has 0 aromatic carbocycles. The minimum atomic E-state index is -0.207. The van der Waals surface area contributed by atoms with Crippen LogP contribution in [0.4, 0.5) is 0 Å². The van der Waals surface area contributed by atoms with Crippen molar-refractivity contribution in [2.24, 2.45) is 0 Å². The average Bonchev–Trinajstić information content (AvgIpc) is 3.02. The molecule has 0 saturated carbocycles. The van der Waals surface area contributed by atoms with Gasteiger partial charge >= 0.3 is 0 Å². The Kier molecular flexibility index (Phi) is 3.55. The minimum absolute atomic E-state index is 0.102. The zero-order valence-corrected chi connectivity index (χ0v) is 14.1. The smallest absolute Gasteiger partial charge is 0.278 e. The van der Waals surface area contributed by atoms with Gasteiger partial charge in [-0.05, 0) is 6.92 Å². The number of hydrogen-bond donors (Lipinski definition) is 1. The van der Waals surface area contributed by atoms with Gasteiger partial charge in [-0.3, -0.25) is 14.7 Å². The Morgan fingerprint density at radius 1 is 1.39 bits per heavy atom. The van der Waals surface area contributed by atoms with Crippen LogP contribution in [0.1, 0.15) is 49.4 Å². The second-order valence-corrected chi connectivity index (χ2v) is 7.09. The first-order chi connectivity index (χ1) is 10.7. The van der Waals surface area contributed by atoms with E-state index in [2.05, 4.69) is 30.9 Å². The summed E-state index contributed by atoms with van der Waals surface area (Å²) < 4.78 is 6.53. The first kappa shape index (κ1) is 15.7. The van der Waals surface area contributed by atoms with Crippen LogP contribution in [0.2, 0.25) is 0 Å². The fourth-order valence-corrected chi connectivity index (χ4v) is 2.83. The highest BCUT2D eigenvalue weighted by molar-refractivity contribution is 5.97. The van der Waals surface area contributed by atoms with Crippen molar-refractivity contribution < 1.29 is 9.53 Å². The lowest BCUT2D eigenvalue weighted by molar-refractivity contribution is 0.0584. The molecule has 0 radical (unpaired) electrons. The first-order valence-electron chi connectivity index (χ1n) is 7.69. The maximum absolute atomic E-state index is 12.7. The molecule has 2 aromatic heterocycles. The third-order valence-electron chi connectivity index (χ3n) is 4.25. The van der Waals surface area contributed by atoms with Gasteiger partial charge in [-0.2, -0.15) is 0 Å². The third-order valence-corrected chi connectivity index (χ3v) is 4.25. The van der Waals surface area contributed by atoms with Crippen molar-refractivity contribution in [3.05, 3.63) is 33.4 Å². The van der Waals surface area contributed by atoms with E-state index in [1.165, 1.54) is 4.52 Å². The van der Waals surface area contributed by atoms with Crippen molar-refractivity contribution in [2.75, 3.05) is 13.7 Å². The standard InChI is InChI=1S/C16H22N4O3/c1-9(8-23-5)19-7-10-13(15(19)22)17-12-6-11(16(2,3)4)18-20(12)14(10)21/h6,9,18H,7-8H2,1-5H3. The minimum Gasteiger partial charge on any atom is -0.383 e. The van der Waals surface area contributed by atoms with Crippen molar-refractivity contribution in [3.8, 4) is 0 Å². The molecule has 1 aliphatic rings. The molecule has 1 aliphatic heterocycles. The van der Waals surface area contributed by atoms with Gasteiger partial charge in [0, 0.05) is 24.3 Å². The molecule has 2 aromatic rings. The number of nitrogens with one attached hydrogen (secondary N) is 1. The van der Waals surface area contributed by atoms with Crippen molar-refractivity contribution in [1.29, 1.82) is 0 Å². The molecular formula is C16H22N4O3. The van der Waals surface area contributed by atoms with Crippen LogP contribution < -0.4 is 5.56 Å². The molecule has 3 rings (SSSR count). The van der Waals surface area contributed by atoms with Gasteiger partial charge in [-0.1, -0.05) is 20.8 Å². The summed E-state index contributed by atoms with van der Waals surface area (Å²) in [5.41, 5.74) is 1.75. The van der Waals surface area contributed by atoms with Crippen LogP contribution in [-0.2, 0) is 16.7 Å². The Balaban J connectivity index is 2.09. The molecule has 1 unspecified atom stereocenters. The molecule has 1 atom stereocenters. The van der Waals surface area contributed by atoms with Gasteiger partial charge in [0.25, 0.3) is 11.5 Å². The van der Waals surface area contributed by atoms with E-state index < -0.39 is 0 Å². The highest BCUT2D eigenvalue weighted by atomic mass is 16.5. The fourth-order valence-electron chi connectivity index (χ4n) is 2.83. The van der Waals surface area contributed by atoms with E-state index >= 15 is 0 Å². The lowest BCUT2D eigenvalue weighted by atomic mass is 9.93. The Labute approximate surface area is 134 Å². The Morgan fingerprint density at radius 3 is 2.70 bits per heavy atom. The maximum Gasteiger partial charge on any atom is 0.278 e. The number of aromatic amines is 1. The number of nitrogens with zero attached hydrogens (tertiary/aromatic N) is 3. The normalized spacial score (nSPS) is 16.2. The Hall–Kier alpha value is -2.15. The zero-order chi connectivity index (χ0) is 16.9. The fraction of sp³-hybridized carbons (Fsp3) is 0.562. The van der Waals surface area contributed by atoms with Gasteiger partial charge in [-0.15, -0.1) is 0 Å². The highest BCUT2D eigenvalue weighted by Crippen LogP contribution is 2.24. The summed E-state index contributed by atoms with van der Waals surface area (Å²) in [5.74, 6) is -0.206. The predicted molar refractivity (Wildman–Crippen MR) is 85.7 cm³/mol. The summed E-state index contributed by atoms with van der Waals surface area (Å²) in [6.07, 6.45) is 0. The van der Waals surface area contributed by atoms with Gasteiger partial charge in [0.15, 0.2) is 5.65 Å². The van der Waals surface area contributed by atoms with Gasteiger partial charge in [0.2, 0.25) is 0 Å².